The number of fused-ring (bicyclic) bond motifs is 1. The quantitative estimate of drug-likeness (QED) is 0.882. The smallest absolute Gasteiger partial charge is 0.245 e. The second kappa shape index (κ2) is 5.12. The van der Waals surface area contributed by atoms with Crippen LogP contribution in [0.5, 0.6) is 0 Å². The summed E-state index contributed by atoms with van der Waals surface area (Å²) >= 11 is 1.04. The van der Waals surface area contributed by atoms with Crippen molar-refractivity contribution in [3.05, 3.63) is 18.2 Å². The van der Waals surface area contributed by atoms with E-state index in [1.807, 2.05) is 0 Å². The number of nitrogens with one attached hydrogen (secondary N) is 1. The van der Waals surface area contributed by atoms with Crippen molar-refractivity contribution in [2.45, 2.75) is 11.3 Å². The first-order valence-corrected chi connectivity index (χ1v) is 8.29. The highest BCUT2D eigenvalue weighted by Crippen LogP contribution is 2.24. The van der Waals surface area contributed by atoms with E-state index < -0.39 is 10.0 Å². The predicted molar refractivity (Wildman–Crippen MR) is 73.7 cm³/mol. The van der Waals surface area contributed by atoms with Gasteiger partial charge < -0.3 is 5.32 Å². The van der Waals surface area contributed by atoms with Gasteiger partial charge in [-0.25, -0.2) is 8.42 Å². The first-order chi connectivity index (χ1) is 9.19. The monoisotopic (exact) mass is 298 g/mol. The molecule has 19 heavy (non-hydrogen) atoms. The van der Waals surface area contributed by atoms with E-state index in [9.17, 15) is 8.42 Å². The van der Waals surface area contributed by atoms with Gasteiger partial charge in [-0.3, -0.25) is 0 Å². The van der Waals surface area contributed by atoms with Crippen molar-refractivity contribution in [3.8, 4) is 0 Å². The zero-order valence-electron chi connectivity index (χ0n) is 10.2. The lowest BCUT2D eigenvalue weighted by molar-refractivity contribution is 0.432. The van der Waals surface area contributed by atoms with Crippen molar-refractivity contribution in [2.24, 2.45) is 0 Å². The normalized spacial score (nSPS) is 18.5. The van der Waals surface area contributed by atoms with Gasteiger partial charge in [0.1, 0.15) is 15.9 Å². The van der Waals surface area contributed by atoms with Crippen LogP contribution in [0.25, 0.3) is 11.0 Å². The van der Waals surface area contributed by atoms with Crippen LogP contribution in [0, 0.1) is 0 Å². The van der Waals surface area contributed by atoms with Crippen molar-refractivity contribution < 1.29 is 8.42 Å². The van der Waals surface area contributed by atoms with Crippen LogP contribution in [0.2, 0.25) is 0 Å². The summed E-state index contributed by atoms with van der Waals surface area (Å²) in [4.78, 5) is 0.264. The van der Waals surface area contributed by atoms with Gasteiger partial charge in [0.05, 0.1) is 11.7 Å². The maximum absolute atomic E-state index is 12.7. The Balaban J connectivity index is 2.06. The number of rotatable bonds is 2. The van der Waals surface area contributed by atoms with E-state index in [0.717, 1.165) is 24.7 Å². The minimum absolute atomic E-state index is 0.264. The second-order valence-electron chi connectivity index (χ2n) is 4.40. The molecule has 0 radical (unpaired) electrons. The summed E-state index contributed by atoms with van der Waals surface area (Å²) in [5.41, 5.74) is 1.11. The maximum Gasteiger partial charge on any atom is 0.245 e. The third kappa shape index (κ3) is 2.36. The molecule has 0 amide bonds. The second-order valence-corrected chi connectivity index (χ2v) is 6.83. The van der Waals surface area contributed by atoms with Crippen LogP contribution in [-0.2, 0) is 10.0 Å². The molecule has 0 spiro atoms. The first kappa shape index (κ1) is 12.9. The Bertz CT molecular complexity index is 675. The molecule has 1 N–H and O–H groups in total. The van der Waals surface area contributed by atoms with E-state index in [-0.39, 0.29) is 4.90 Å². The number of benzene rings is 1. The standard InChI is InChI=1S/C11H14N4O2S2/c16-19(17,15-7-2-5-12-6-8-15)10-4-1-3-9-11(10)14-18-13-9/h1,3-4,12H,2,5-8H2. The molecule has 0 bridgehead atoms. The van der Waals surface area contributed by atoms with Crippen molar-refractivity contribution in [1.29, 1.82) is 0 Å². The molecule has 0 atom stereocenters. The fraction of sp³-hybridized carbons (Fsp3) is 0.455. The largest absolute Gasteiger partial charge is 0.315 e. The summed E-state index contributed by atoms with van der Waals surface area (Å²) in [7, 11) is -3.48. The molecule has 0 aliphatic carbocycles. The molecule has 1 saturated heterocycles. The molecule has 1 aliphatic heterocycles. The van der Waals surface area contributed by atoms with Crippen molar-refractivity contribution in [3.63, 3.8) is 0 Å². The summed E-state index contributed by atoms with van der Waals surface area (Å²) in [6.07, 6.45) is 0.824. The van der Waals surface area contributed by atoms with E-state index >= 15 is 0 Å². The Labute approximate surface area is 115 Å². The predicted octanol–water partition coefficient (Wildman–Crippen LogP) is 0.675. The van der Waals surface area contributed by atoms with Crippen molar-refractivity contribution in [1.82, 2.24) is 18.4 Å². The fourth-order valence-electron chi connectivity index (χ4n) is 2.19. The topological polar surface area (TPSA) is 75.2 Å². The van der Waals surface area contributed by atoms with Gasteiger partial charge in [0.25, 0.3) is 0 Å². The first-order valence-electron chi connectivity index (χ1n) is 6.12. The number of hydrogen-bond acceptors (Lipinski definition) is 6. The highest BCUT2D eigenvalue weighted by Gasteiger charge is 2.27. The molecule has 2 heterocycles. The highest BCUT2D eigenvalue weighted by atomic mass is 32.2. The van der Waals surface area contributed by atoms with Crippen LogP contribution in [-0.4, -0.2) is 47.6 Å². The van der Waals surface area contributed by atoms with Crippen LogP contribution in [0.4, 0.5) is 0 Å². The highest BCUT2D eigenvalue weighted by molar-refractivity contribution is 7.89. The van der Waals surface area contributed by atoms with E-state index in [1.165, 1.54) is 4.31 Å². The Hall–Kier alpha value is -1.09. The lowest BCUT2D eigenvalue weighted by Gasteiger charge is -2.19. The zero-order chi connectivity index (χ0) is 13.3. The molecule has 2 aromatic rings. The maximum atomic E-state index is 12.7. The van der Waals surface area contributed by atoms with Crippen molar-refractivity contribution >= 4 is 32.8 Å². The minimum atomic E-state index is -3.48. The van der Waals surface area contributed by atoms with Crippen LogP contribution in [0.1, 0.15) is 6.42 Å². The van der Waals surface area contributed by atoms with Crippen molar-refractivity contribution in [2.75, 3.05) is 26.2 Å². The molecular formula is C11H14N4O2S2. The number of hydrogen-bond donors (Lipinski definition) is 1. The van der Waals surface area contributed by atoms with Gasteiger partial charge >= 0.3 is 0 Å². The molecule has 3 rings (SSSR count). The molecule has 0 unspecified atom stereocenters. The van der Waals surface area contributed by atoms with Gasteiger partial charge in [-0.15, -0.1) is 0 Å². The Kier molecular flexibility index (Phi) is 3.48. The van der Waals surface area contributed by atoms with Gasteiger partial charge in [-0.05, 0) is 25.1 Å². The summed E-state index contributed by atoms with van der Waals surface area (Å²) in [5, 5.41) is 3.20. The number of nitrogens with zero attached hydrogens (tertiary/aromatic N) is 3. The molecule has 1 aromatic carbocycles. The molecular weight excluding hydrogens is 284 g/mol. The van der Waals surface area contributed by atoms with Gasteiger partial charge in [0, 0.05) is 19.6 Å². The van der Waals surface area contributed by atoms with Crippen LogP contribution >= 0.6 is 11.7 Å². The van der Waals surface area contributed by atoms with E-state index in [2.05, 4.69) is 14.1 Å². The molecule has 1 fully saturated rings. The van der Waals surface area contributed by atoms with Crippen LogP contribution < -0.4 is 5.32 Å². The van der Waals surface area contributed by atoms with Gasteiger partial charge in [0.15, 0.2) is 0 Å². The van der Waals surface area contributed by atoms with E-state index in [0.29, 0.717) is 30.7 Å². The Morgan fingerprint density at radius 2 is 2.11 bits per heavy atom. The van der Waals surface area contributed by atoms with E-state index in [4.69, 9.17) is 0 Å². The molecule has 6 nitrogen and oxygen atoms in total. The molecule has 8 heteroatoms. The minimum Gasteiger partial charge on any atom is -0.315 e. The zero-order valence-corrected chi connectivity index (χ0v) is 11.9. The Morgan fingerprint density at radius 1 is 1.21 bits per heavy atom. The molecule has 1 aromatic heterocycles. The van der Waals surface area contributed by atoms with Crippen LogP contribution in [0.15, 0.2) is 23.1 Å². The average Bonchev–Trinajstić information content (AvgIpc) is 2.70. The lowest BCUT2D eigenvalue weighted by Crippen LogP contribution is -2.34. The SMILES string of the molecule is O=S(=O)(c1cccc2nsnc12)N1CCCNCC1. The summed E-state index contributed by atoms with van der Waals surface area (Å²) in [6.45, 7) is 2.58. The molecule has 102 valence electrons. The van der Waals surface area contributed by atoms with Gasteiger partial charge in [-0.2, -0.15) is 13.1 Å². The Morgan fingerprint density at radius 3 is 3.00 bits per heavy atom. The number of aromatic nitrogens is 2. The van der Waals surface area contributed by atoms with E-state index in [1.54, 1.807) is 18.2 Å². The summed E-state index contributed by atoms with van der Waals surface area (Å²) in [6, 6.07) is 5.10. The number of sulfonamides is 1. The lowest BCUT2D eigenvalue weighted by atomic mass is 10.3. The summed E-state index contributed by atoms with van der Waals surface area (Å²) < 4.78 is 35.1. The summed E-state index contributed by atoms with van der Waals surface area (Å²) in [5.74, 6) is 0. The van der Waals surface area contributed by atoms with Crippen LogP contribution in [0.3, 0.4) is 0 Å². The molecule has 0 saturated carbocycles. The van der Waals surface area contributed by atoms with Gasteiger partial charge in [-0.1, -0.05) is 6.07 Å². The van der Waals surface area contributed by atoms with Gasteiger partial charge in [0.2, 0.25) is 10.0 Å². The molecule has 1 aliphatic rings. The average molecular weight is 298 g/mol. The third-order valence-corrected chi connectivity index (χ3v) is 5.64. The fourth-order valence-corrected chi connectivity index (χ4v) is 4.42. The third-order valence-electron chi connectivity index (χ3n) is 3.17.